The Morgan fingerprint density at radius 2 is 1.90 bits per heavy atom. The average Bonchev–Trinajstić information content (AvgIpc) is 3.44. The monoisotopic (exact) mass is 510 g/mol. The normalized spacial score (nSPS) is 13.3. The minimum atomic E-state index is -0.172. The van der Waals surface area contributed by atoms with Crippen LogP contribution in [0.2, 0.25) is 0 Å². The summed E-state index contributed by atoms with van der Waals surface area (Å²) in [4.78, 5) is 17.4. The molecular formula is C22H17IN5S-. The quantitative estimate of drug-likeness (QED) is 0.385. The number of hydrogen-bond donors (Lipinski definition) is 0. The summed E-state index contributed by atoms with van der Waals surface area (Å²) in [6, 6.07) is 16.3. The van der Waals surface area contributed by atoms with Gasteiger partial charge in [0.2, 0.25) is 0 Å². The molecule has 0 radical (unpaired) electrons. The van der Waals surface area contributed by atoms with E-state index in [4.69, 9.17) is 9.97 Å². The van der Waals surface area contributed by atoms with Crippen molar-refractivity contribution in [2.45, 2.75) is 0 Å². The standard InChI is InChI=1S/C22H17IN5S/c1-28(13-15-11-23-25-12-15)21-19-17(16-7-3-2-4-8-16)14-29-22(19)27-20(26-21)18-9-5-6-10-24-18/h2-12,14H,13H2,1H3/q-1. The Bertz CT molecular complexity index is 1220. The zero-order chi connectivity index (χ0) is 19.6. The number of benzene rings is 1. The van der Waals surface area contributed by atoms with E-state index >= 15 is 0 Å². The number of pyridine rings is 1. The third kappa shape index (κ3) is 3.67. The summed E-state index contributed by atoms with van der Waals surface area (Å²) in [5.74, 6) is 1.58. The maximum atomic E-state index is 4.97. The summed E-state index contributed by atoms with van der Waals surface area (Å²) in [7, 11) is 2.09. The number of halogens is 1. The predicted octanol–water partition coefficient (Wildman–Crippen LogP) is 1.83. The molecule has 4 heterocycles. The van der Waals surface area contributed by atoms with E-state index in [1.807, 2.05) is 30.5 Å². The van der Waals surface area contributed by atoms with Gasteiger partial charge in [-0.05, 0) is 0 Å². The van der Waals surface area contributed by atoms with Gasteiger partial charge in [-0.15, -0.1) is 0 Å². The molecule has 0 N–H and O–H groups in total. The summed E-state index contributed by atoms with van der Waals surface area (Å²) in [6.45, 7) is 0.779. The third-order valence-corrected chi connectivity index (χ3v) is 7.19. The van der Waals surface area contributed by atoms with Crippen LogP contribution in [0.3, 0.4) is 0 Å². The molecule has 0 bridgehead atoms. The Hall–Kier alpha value is -2.65. The fourth-order valence-corrected chi connectivity index (χ4v) is 5.61. The topological polar surface area (TPSA) is 54.3 Å². The minimum absolute atomic E-state index is 0.172. The Morgan fingerprint density at radius 3 is 2.66 bits per heavy atom. The number of thiophene rings is 1. The Balaban J connectivity index is 1.69. The first-order valence-corrected chi connectivity index (χ1v) is 12.2. The van der Waals surface area contributed by atoms with Gasteiger partial charge in [0.1, 0.15) is 0 Å². The van der Waals surface area contributed by atoms with Crippen molar-refractivity contribution in [1.82, 2.24) is 15.0 Å². The molecule has 5 rings (SSSR count). The number of rotatable bonds is 5. The van der Waals surface area contributed by atoms with Crippen molar-refractivity contribution >= 4 is 33.6 Å². The fraction of sp³-hybridized carbons (Fsp3) is 0.0909. The van der Waals surface area contributed by atoms with E-state index in [1.54, 1.807) is 17.5 Å². The fourth-order valence-electron chi connectivity index (χ4n) is 3.27. The van der Waals surface area contributed by atoms with Crippen LogP contribution in [0.5, 0.6) is 0 Å². The van der Waals surface area contributed by atoms with Gasteiger partial charge in [0.15, 0.2) is 0 Å². The summed E-state index contributed by atoms with van der Waals surface area (Å²) in [6.07, 6.45) is 3.77. The van der Waals surface area contributed by atoms with Gasteiger partial charge in [0.05, 0.1) is 0 Å². The number of fused-ring (bicyclic) bond motifs is 1. The first-order chi connectivity index (χ1) is 14.3. The summed E-state index contributed by atoms with van der Waals surface area (Å²) in [5.41, 5.74) is 4.38. The number of hydrogen-bond acceptors (Lipinski definition) is 6. The Kier molecular flexibility index (Phi) is 5.07. The Labute approximate surface area is 183 Å². The van der Waals surface area contributed by atoms with E-state index in [0.29, 0.717) is 5.82 Å². The van der Waals surface area contributed by atoms with Crippen molar-refractivity contribution in [3.8, 4) is 22.6 Å². The molecule has 0 unspecified atom stereocenters. The van der Waals surface area contributed by atoms with Crippen molar-refractivity contribution in [3.05, 3.63) is 69.8 Å². The van der Waals surface area contributed by atoms with Crippen LogP contribution >= 0.6 is 11.3 Å². The molecule has 1 aliphatic rings. The number of aromatic nitrogens is 3. The number of anilines is 1. The van der Waals surface area contributed by atoms with E-state index in [1.165, 1.54) is 16.7 Å². The van der Waals surface area contributed by atoms with E-state index < -0.39 is 0 Å². The van der Waals surface area contributed by atoms with Gasteiger partial charge in [-0.1, -0.05) is 0 Å². The molecule has 0 saturated carbocycles. The molecule has 1 aliphatic heterocycles. The van der Waals surface area contributed by atoms with Crippen LogP contribution < -0.4 is 26.4 Å². The molecular weight excluding hydrogens is 493 g/mol. The predicted molar refractivity (Wildman–Crippen MR) is 116 cm³/mol. The SMILES string of the molecule is CN(CC1=C[I-]N=C1)c1nc(-c2ccccn2)nc2scc(-c3ccccc3)c12. The summed E-state index contributed by atoms with van der Waals surface area (Å²) in [5, 5.41) is 3.27. The van der Waals surface area contributed by atoms with Gasteiger partial charge >= 0.3 is 184 Å². The molecule has 1 aromatic carbocycles. The molecule has 4 aromatic rings. The molecule has 3 aromatic heterocycles. The Morgan fingerprint density at radius 1 is 1.03 bits per heavy atom. The first kappa shape index (κ1) is 18.4. The molecule has 0 spiro atoms. The first-order valence-electron chi connectivity index (χ1n) is 9.12. The summed E-state index contributed by atoms with van der Waals surface area (Å²) < 4.78 is 6.68. The second-order valence-electron chi connectivity index (χ2n) is 6.65. The second kappa shape index (κ2) is 8.00. The van der Waals surface area contributed by atoms with Crippen LogP contribution in [-0.4, -0.2) is 34.8 Å². The van der Waals surface area contributed by atoms with Gasteiger partial charge in [0.25, 0.3) is 0 Å². The van der Waals surface area contributed by atoms with E-state index in [-0.39, 0.29) is 21.5 Å². The van der Waals surface area contributed by atoms with Crippen LogP contribution in [-0.2, 0) is 0 Å². The zero-order valence-corrected chi connectivity index (χ0v) is 18.6. The number of nitrogens with zero attached hydrogens (tertiary/aromatic N) is 5. The molecule has 5 nitrogen and oxygen atoms in total. The number of likely N-dealkylation sites (N-methyl/N-ethyl adjacent to an activating group) is 1. The van der Waals surface area contributed by atoms with Gasteiger partial charge in [0, 0.05) is 0 Å². The average molecular weight is 510 g/mol. The van der Waals surface area contributed by atoms with Gasteiger partial charge in [-0.2, -0.15) is 0 Å². The molecule has 0 atom stereocenters. The molecule has 0 saturated heterocycles. The molecule has 29 heavy (non-hydrogen) atoms. The van der Waals surface area contributed by atoms with Crippen LogP contribution in [0.1, 0.15) is 0 Å². The van der Waals surface area contributed by atoms with Crippen molar-refractivity contribution in [1.29, 1.82) is 0 Å². The van der Waals surface area contributed by atoms with Crippen LogP contribution in [0.25, 0.3) is 32.9 Å². The van der Waals surface area contributed by atoms with Gasteiger partial charge in [-0.3, -0.25) is 0 Å². The van der Waals surface area contributed by atoms with Crippen LogP contribution in [0.4, 0.5) is 5.82 Å². The van der Waals surface area contributed by atoms with Crippen molar-refractivity contribution < 1.29 is 21.5 Å². The van der Waals surface area contributed by atoms with Gasteiger partial charge < -0.3 is 0 Å². The van der Waals surface area contributed by atoms with E-state index in [0.717, 1.165) is 28.3 Å². The molecule has 144 valence electrons. The molecule has 0 amide bonds. The van der Waals surface area contributed by atoms with Crippen molar-refractivity contribution in [2.75, 3.05) is 18.5 Å². The van der Waals surface area contributed by atoms with Crippen LogP contribution in [0.15, 0.2) is 73.0 Å². The third-order valence-electron chi connectivity index (χ3n) is 4.63. The van der Waals surface area contributed by atoms with E-state index in [2.05, 4.69) is 53.9 Å². The molecule has 7 heteroatoms. The van der Waals surface area contributed by atoms with Crippen LogP contribution in [0, 0.1) is 0 Å². The van der Waals surface area contributed by atoms with E-state index in [9.17, 15) is 0 Å². The molecule has 0 aliphatic carbocycles. The maximum absolute atomic E-state index is 4.97. The summed E-state index contributed by atoms with van der Waals surface area (Å²) >= 11 is 1.48. The second-order valence-corrected chi connectivity index (χ2v) is 9.24. The molecule has 0 fully saturated rings. The van der Waals surface area contributed by atoms with Gasteiger partial charge in [-0.25, -0.2) is 0 Å². The van der Waals surface area contributed by atoms with Crippen molar-refractivity contribution in [3.63, 3.8) is 0 Å². The van der Waals surface area contributed by atoms with Crippen molar-refractivity contribution in [2.24, 2.45) is 3.21 Å². The zero-order valence-electron chi connectivity index (χ0n) is 15.7.